The summed E-state index contributed by atoms with van der Waals surface area (Å²) >= 11 is 13.4. The SMILES string of the molecule is C1CCOC1.CC(C)(C)OC(=O)N1CC(=O)C1.CC(C)(C)OC(=O)N1CC(N)C1.CC(C)(C)OC(=O)N1CC(N2CC(N3Cc4scnc4C3=O)C2)C1.CC(C)(C)OC(=O)N1CC(N2Cc3scnc3C2=O)C1.CC(C)(C)OC(=O)N1CC(NCc2scnc2C(=O)O)C1.COC(=O)c1ncsc1CBr.COC(=O)c1ncsc1CNC1CN(C(=O)OC(C)(C)C)C1.Cc1scnc1C(=O)O.O=C1c2ncsc2CN1C1CNC1. The number of nitrogens with two attached hydrogens (primary N) is 1. The number of ether oxygens (including phenoxy) is 9. The summed E-state index contributed by atoms with van der Waals surface area (Å²) in [5.74, 6) is -2.52. The zero-order valence-electron chi connectivity index (χ0n) is 87.7. The normalized spacial score (nSPS) is 17.5. The molecule has 0 aromatic carbocycles. The number of carbonyl (C=O) groups is 14. The van der Waals surface area contributed by atoms with E-state index in [0.717, 1.165) is 75.2 Å². The van der Waals surface area contributed by atoms with E-state index in [9.17, 15) is 67.1 Å². The highest BCUT2D eigenvalue weighted by Gasteiger charge is 2.49. The van der Waals surface area contributed by atoms with Crippen molar-refractivity contribution in [3.05, 3.63) is 113 Å². The third-order valence-corrected chi connectivity index (χ3v) is 29.3. The first-order valence-electron chi connectivity index (χ1n) is 48.1. The van der Waals surface area contributed by atoms with Crippen molar-refractivity contribution in [3.63, 3.8) is 0 Å². The maximum absolute atomic E-state index is 12.3. The highest BCUT2D eigenvalue weighted by Crippen LogP contribution is 2.36. The molecule has 9 amide bonds. The molecule has 7 aromatic heterocycles. The number of hydrogen-bond donors (Lipinski definition) is 6. The molecule has 12 aliphatic rings. The number of ketones is 1. The number of hydrogen-bond acceptors (Lipinski definition) is 42. The Hall–Kier alpha value is -10.8. The predicted molar refractivity (Wildman–Crippen MR) is 559 cm³/mol. The number of carboxylic acids is 2. The Bertz CT molecular complexity index is 5730. The molecule has 19 rings (SSSR count). The van der Waals surface area contributed by atoms with Gasteiger partial charge in [-0.3, -0.25) is 29.0 Å². The van der Waals surface area contributed by atoms with E-state index >= 15 is 0 Å². The maximum Gasteiger partial charge on any atom is 0.411 e. The lowest BCUT2D eigenvalue weighted by Gasteiger charge is -2.53. The molecule has 7 aromatic rings. The molecule has 19 heterocycles. The molecule has 46 nitrogen and oxygen atoms in total. The number of aromatic carboxylic acids is 2. The topological polar surface area (TPSA) is 547 Å². The standard InChI is InChI=1S/C16H22N4O3S.C14H21N3O4S.C13H19N3O4S.C13H17N3O3S.C8H9N3OS.C8H16N2O2.C8H13NO3.C6H6BrNO2S.C5H5NO2S.C4H8O/c1-16(2,3)23-15(22)19-4-10(5-19)18-6-11(7-18)20-8-12-13(14(20)21)17-9-24-12;1-14(2,3)21-13(19)17-6-9(7-17)15-5-10-11(12(18)20-4)16-8-22-10;1-13(2,3)20-12(19)16-5-8(6-16)14-4-9-10(11(17)18)15-7-21-9;1-13(2,3)19-12(18)15-4-8(5-15)16-6-9-10(11(16)17)14-7-20-9;12-8-7-6(13-4-10-7)3-11(8)5-1-9-2-5;1-8(2,3)12-7(11)10-4-6(9)5-10;1-8(2,3)12-7(11)9-4-6(10)5-9;1-10-6(9)5-4(2-7)11-3-8-5;1-3-4(5(7)8)6-2-9-3;1-2-4-5-3-1/h9-11H,4-8H2,1-3H3;8-9,15H,5-7H2,1-4H3;7-8,14H,4-6H2,1-3H3,(H,17,18);7-8H,4-6H2,1-3H3;4-5,9H,1-3H2;6H,4-5,9H2,1-3H3;4-5H2,1-3H3;3H,2H2,1H3;2H,1H3,(H,7,8);1-4H2. The average Bonchev–Trinajstić information content (AvgIpc) is 1.64. The summed E-state index contributed by atoms with van der Waals surface area (Å²) < 4.78 is 45.5. The van der Waals surface area contributed by atoms with Gasteiger partial charge in [-0.15, -0.1) is 79.4 Å². The second-order valence-corrected chi connectivity index (χ2v) is 49.0. The third kappa shape index (κ3) is 35.9. The van der Waals surface area contributed by atoms with Gasteiger partial charge >= 0.3 is 60.4 Å². The molecular formula is C95H136BrN21O25S7. The van der Waals surface area contributed by atoms with Gasteiger partial charge in [0.05, 0.1) is 128 Å². The largest absolute Gasteiger partial charge is 0.476 e. The van der Waals surface area contributed by atoms with Crippen molar-refractivity contribution in [1.82, 2.24) is 99.8 Å². The fourth-order valence-electron chi connectivity index (χ4n) is 14.8. The fourth-order valence-corrected chi connectivity index (χ4v) is 20.2. The van der Waals surface area contributed by atoms with Gasteiger partial charge in [0.2, 0.25) is 0 Å². The minimum atomic E-state index is -1.02. The van der Waals surface area contributed by atoms with Gasteiger partial charge in [0.25, 0.3) is 17.7 Å². The second kappa shape index (κ2) is 53.0. The summed E-state index contributed by atoms with van der Waals surface area (Å²) in [5, 5.41) is 27.7. The fraction of sp³-hybridized carbons (Fsp3) is 0.632. The Morgan fingerprint density at radius 3 is 0.993 bits per heavy atom. The van der Waals surface area contributed by atoms with E-state index in [-0.39, 0.29) is 115 Å². The van der Waals surface area contributed by atoms with Crippen molar-refractivity contribution in [2.45, 2.75) is 258 Å². The smallest absolute Gasteiger partial charge is 0.411 e. The van der Waals surface area contributed by atoms with Crippen LogP contribution in [0.1, 0.15) is 245 Å². The van der Waals surface area contributed by atoms with Crippen molar-refractivity contribution in [2.24, 2.45) is 5.73 Å². The number of Topliss-reactive ketones (excluding diaryl/α,β-unsaturated/α-hetero) is 1. The molecule has 0 unspecified atom stereocenters. The number of halogens is 1. The summed E-state index contributed by atoms with van der Waals surface area (Å²) in [4.78, 5) is 212. The van der Waals surface area contributed by atoms with Gasteiger partial charge in [-0.1, -0.05) is 15.9 Å². The second-order valence-electron chi connectivity index (χ2n) is 41.8. The van der Waals surface area contributed by atoms with E-state index in [1.165, 1.54) is 99.7 Å². The lowest BCUT2D eigenvalue weighted by molar-refractivity contribution is -0.128. The van der Waals surface area contributed by atoms with Gasteiger partial charge < -0.3 is 114 Å². The van der Waals surface area contributed by atoms with Crippen LogP contribution in [0.5, 0.6) is 0 Å². The number of esters is 2. The summed E-state index contributed by atoms with van der Waals surface area (Å²) in [6.45, 7) is 50.0. The van der Waals surface area contributed by atoms with Crippen LogP contribution in [-0.2, 0) is 85.5 Å². The van der Waals surface area contributed by atoms with E-state index < -0.39 is 57.6 Å². The van der Waals surface area contributed by atoms with Crippen LogP contribution in [-0.4, -0.2) is 386 Å². The van der Waals surface area contributed by atoms with Crippen molar-refractivity contribution in [1.29, 1.82) is 0 Å². The molecule has 0 saturated carbocycles. The number of nitrogens with zero attached hydrogens (tertiary/aromatic N) is 17. The number of rotatable bonds is 15. The predicted octanol–water partition coefficient (Wildman–Crippen LogP) is 11.5. The molecule has 0 atom stereocenters. The minimum absolute atomic E-state index is 0.0184. The molecule has 0 aliphatic carbocycles. The lowest BCUT2D eigenvalue weighted by Crippen LogP contribution is -2.70. The highest BCUT2D eigenvalue weighted by molar-refractivity contribution is 9.08. The summed E-state index contributed by atoms with van der Waals surface area (Å²) in [5.41, 5.74) is 17.1. The number of carbonyl (C=O) groups excluding carboxylic acids is 12. The van der Waals surface area contributed by atoms with Crippen molar-refractivity contribution in [3.8, 4) is 0 Å². The lowest BCUT2D eigenvalue weighted by atomic mass is 9.99. The molecule has 820 valence electrons. The van der Waals surface area contributed by atoms with Crippen molar-refractivity contribution >= 4 is 179 Å². The van der Waals surface area contributed by atoms with Gasteiger partial charge in [0, 0.05) is 157 Å². The molecule has 0 spiro atoms. The quantitative estimate of drug-likeness (QED) is 0.0315. The Morgan fingerprint density at radius 2 is 0.698 bits per heavy atom. The molecule has 54 heteroatoms. The van der Waals surface area contributed by atoms with Gasteiger partial charge in [-0.25, -0.2) is 82.8 Å². The van der Waals surface area contributed by atoms with Crippen LogP contribution in [0.2, 0.25) is 0 Å². The molecule has 12 aliphatic heterocycles. The zero-order chi connectivity index (χ0) is 110. The van der Waals surface area contributed by atoms with Crippen LogP contribution in [0.25, 0.3) is 0 Å². The summed E-state index contributed by atoms with van der Waals surface area (Å²) in [7, 11) is 2.68. The molecule has 9 fully saturated rings. The van der Waals surface area contributed by atoms with Crippen LogP contribution < -0.4 is 21.7 Å². The van der Waals surface area contributed by atoms with Crippen molar-refractivity contribution < 1.29 is 120 Å². The van der Waals surface area contributed by atoms with Gasteiger partial charge in [-0.05, 0) is 144 Å². The number of methoxy groups -OCH3 is 2. The molecule has 149 heavy (non-hydrogen) atoms. The number of carboxylic acid groups (broad SMARTS) is 2. The Kier molecular flexibility index (Phi) is 42.7. The van der Waals surface area contributed by atoms with E-state index in [0.29, 0.717) is 142 Å². The number of alkyl halides is 1. The number of aryl methyl sites for hydroxylation is 1. The van der Waals surface area contributed by atoms with E-state index in [1.54, 1.807) is 107 Å². The monoisotopic (exact) mass is 2270 g/mol. The van der Waals surface area contributed by atoms with E-state index in [2.05, 4.69) is 81.1 Å². The van der Waals surface area contributed by atoms with E-state index in [1.807, 2.05) is 114 Å². The molecule has 0 bridgehead atoms. The Balaban J connectivity index is 0.000000173. The van der Waals surface area contributed by atoms with Gasteiger partial charge in [-0.2, -0.15) is 0 Å². The minimum Gasteiger partial charge on any atom is -0.476 e. The number of likely N-dealkylation sites (tertiary alicyclic amines) is 7. The molecule has 0 radical (unpaired) electrons. The zero-order valence-corrected chi connectivity index (χ0v) is 95.0. The first kappa shape index (κ1) is 120. The van der Waals surface area contributed by atoms with Gasteiger partial charge in [0.1, 0.15) is 50.7 Å². The van der Waals surface area contributed by atoms with Crippen LogP contribution in [0, 0.1) is 6.92 Å². The first-order valence-corrected chi connectivity index (χ1v) is 55.3. The van der Waals surface area contributed by atoms with Crippen LogP contribution in [0.15, 0.2) is 38.6 Å². The van der Waals surface area contributed by atoms with Crippen LogP contribution in [0.3, 0.4) is 0 Å². The maximum atomic E-state index is 12.3. The molecular weight excluding hydrogens is 2140 g/mol. The number of amides is 9. The summed E-state index contributed by atoms with van der Waals surface area (Å²) in [6.07, 6.45) is 0.740. The van der Waals surface area contributed by atoms with Gasteiger partial charge in [0.15, 0.2) is 28.6 Å². The van der Waals surface area contributed by atoms with Crippen molar-refractivity contribution in [2.75, 3.05) is 132 Å². The highest BCUT2D eigenvalue weighted by atomic mass is 79.9. The number of nitrogens with one attached hydrogen (secondary N) is 3. The number of aromatic nitrogens is 7. The third-order valence-electron chi connectivity index (χ3n) is 22.7. The van der Waals surface area contributed by atoms with E-state index in [4.69, 9.17) is 49.1 Å². The number of fused-ring (bicyclic) bond motifs is 3. The summed E-state index contributed by atoms with van der Waals surface area (Å²) in [6, 6.07) is 1.62. The molecule has 9 saturated heterocycles. The van der Waals surface area contributed by atoms with Crippen LogP contribution >= 0.6 is 95.3 Å². The average molecular weight is 2280 g/mol. The number of thiazole rings is 7. The molecule has 7 N–H and O–H groups in total. The Morgan fingerprint density at radius 1 is 0.396 bits per heavy atom. The first-order chi connectivity index (χ1) is 69.9. The Labute approximate surface area is 901 Å². The van der Waals surface area contributed by atoms with Crippen LogP contribution in [0.4, 0.5) is 28.8 Å².